The van der Waals surface area contributed by atoms with Crippen LogP contribution in [0, 0.1) is 0 Å². The molecule has 0 spiro atoms. The standard InChI is InChI=1S/C23H25NO2/c1-3-4-8-18-13-15-20(16-14-18)24-23(25)17(2)26-22-12-7-10-19-9-5-6-11-21(19)22/h5-7,9-17H,3-4,8H2,1-2H3,(H,24,25). The second-order valence-electron chi connectivity index (χ2n) is 6.53. The van der Waals surface area contributed by atoms with Crippen molar-refractivity contribution >= 4 is 22.4 Å². The maximum atomic E-state index is 12.5. The first kappa shape index (κ1) is 18.0. The Labute approximate surface area is 155 Å². The summed E-state index contributed by atoms with van der Waals surface area (Å²) in [6, 6.07) is 21.9. The first-order chi connectivity index (χ1) is 12.7. The van der Waals surface area contributed by atoms with E-state index in [1.165, 1.54) is 18.4 Å². The van der Waals surface area contributed by atoms with Gasteiger partial charge < -0.3 is 10.1 Å². The molecule has 0 aliphatic heterocycles. The van der Waals surface area contributed by atoms with Crippen molar-refractivity contribution in [3.05, 3.63) is 72.3 Å². The molecule has 1 amide bonds. The van der Waals surface area contributed by atoms with Crippen LogP contribution in [-0.2, 0) is 11.2 Å². The molecular formula is C23H25NO2. The lowest BCUT2D eigenvalue weighted by molar-refractivity contribution is -0.122. The van der Waals surface area contributed by atoms with Gasteiger partial charge in [-0.3, -0.25) is 4.79 Å². The number of amides is 1. The second kappa shape index (κ2) is 8.52. The number of hydrogen-bond donors (Lipinski definition) is 1. The van der Waals surface area contributed by atoms with E-state index in [0.29, 0.717) is 0 Å². The second-order valence-corrected chi connectivity index (χ2v) is 6.53. The van der Waals surface area contributed by atoms with Crippen LogP contribution in [0.5, 0.6) is 5.75 Å². The molecular weight excluding hydrogens is 322 g/mol. The van der Waals surface area contributed by atoms with Gasteiger partial charge in [-0.05, 0) is 48.9 Å². The molecule has 0 saturated heterocycles. The molecule has 3 heteroatoms. The molecule has 0 aliphatic rings. The lowest BCUT2D eigenvalue weighted by atomic mass is 10.1. The fourth-order valence-electron chi connectivity index (χ4n) is 2.92. The Morgan fingerprint density at radius 1 is 1.00 bits per heavy atom. The van der Waals surface area contributed by atoms with Crippen molar-refractivity contribution in [1.29, 1.82) is 0 Å². The summed E-state index contributed by atoms with van der Waals surface area (Å²) < 4.78 is 5.93. The van der Waals surface area contributed by atoms with Gasteiger partial charge in [0, 0.05) is 11.1 Å². The Hall–Kier alpha value is -2.81. The summed E-state index contributed by atoms with van der Waals surface area (Å²) in [7, 11) is 0. The Bertz CT molecular complexity index is 866. The van der Waals surface area contributed by atoms with Gasteiger partial charge in [-0.1, -0.05) is 61.9 Å². The summed E-state index contributed by atoms with van der Waals surface area (Å²) in [5, 5.41) is 5.04. The summed E-state index contributed by atoms with van der Waals surface area (Å²) >= 11 is 0. The average molecular weight is 347 g/mol. The first-order valence-electron chi connectivity index (χ1n) is 9.21. The number of unbranched alkanes of at least 4 members (excludes halogenated alkanes) is 1. The summed E-state index contributed by atoms with van der Waals surface area (Å²) in [4.78, 5) is 12.5. The minimum absolute atomic E-state index is 0.153. The number of anilines is 1. The van der Waals surface area contributed by atoms with Gasteiger partial charge >= 0.3 is 0 Å². The first-order valence-corrected chi connectivity index (χ1v) is 9.21. The van der Waals surface area contributed by atoms with Crippen LogP contribution in [0.2, 0.25) is 0 Å². The molecule has 3 aromatic carbocycles. The SMILES string of the molecule is CCCCc1ccc(NC(=O)C(C)Oc2cccc3ccccc23)cc1. The molecule has 134 valence electrons. The van der Waals surface area contributed by atoms with Crippen molar-refractivity contribution in [1.82, 2.24) is 0 Å². The van der Waals surface area contributed by atoms with Crippen LogP contribution in [0.1, 0.15) is 32.3 Å². The number of rotatable bonds is 7. The summed E-state index contributed by atoms with van der Waals surface area (Å²) in [6.07, 6.45) is 2.86. The number of carbonyl (C=O) groups excluding carboxylic acids is 1. The molecule has 0 fully saturated rings. The highest BCUT2D eigenvalue weighted by Crippen LogP contribution is 2.26. The van der Waals surface area contributed by atoms with E-state index >= 15 is 0 Å². The minimum Gasteiger partial charge on any atom is -0.480 e. The van der Waals surface area contributed by atoms with E-state index < -0.39 is 6.10 Å². The van der Waals surface area contributed by atoms with Gasteiger partial charge in [0.2, 0.25) is 0 Å². The average Bonchev–Trinajstić information content (AvgIpc) is 2.67. The monoisotopic (exact) mass is 347 g/mol. The van der Waals surface area contributed by atoms with Crippen LogP contribution >= 0.6 is 0 Å². The largest absolute Gasteiger partial charge is 0.480 e. The number of fused-ring (bicyclic) bond motifs is 1. The summed E-state index contributed by atoms with van der Waals surface area (Å²) in [6.45, 7) is 3.96. The number of ether oxygens (including phenoxy) is 1. The van der Waals surface area contributed by atoms with Gasteiger partial charge in [-0.15, -0.1) is 0 Å². The third kappa shape index (κ3) is 4.42. The lowest BCUT2D eigenvalue weighted by Gasteiger charge is -2.16. The number of benzene rings is 3. The highest BCUT2D eigenvalue weighted by atomic mass is 16.5. The third-order valence-electron chi connectivity index (χ3n) is 4.46. The maximum Gasteiger partial charge on any atom is 0.265 e. The Balaban J connectivity index is 1.64. The zero-order valence-corrected chi connectivity index (χ0v) is 15.4. The Morgan fingerprint density at radius 2 is 1.73 bits per heavy atom. The molecule has 1 N–H and O–H groups in total. The Kier molecular flexibility index (Phi) is 5.90. The lowest BCUT2D eigenvalue weighted by Crippen LogP contribution is -2.30. The van der Waals surface area contributed by atoms with Gasteiger partial charge in [0.1, 0.15) is 5.75 Å². The molecule has 3 aromatic rings. The van der Waals surface area contributed by atoms with Crippen LogP contribution in [0.3, 0.4) is 0 Å². The third-order valence-corrected chi connectivity index (χ3v) is 4.46. The van der Waals surface area contributed by atoms with Crippen molar-refractivity contribution in [2.45, 2.75) is 39.2 Å². The van der Waals surface area contributed by atoms with E-state index in [1.807, 2.05) is 54.6 Å². The van der Waals surface area contributed by atoms with E-state index in [2.05, 4.69) is 24.4 Å². The van der Waals surface area contributed by atoms with E-state index in [1.54, 1.807) is 6.92 Å². The van der Waals surface area contributed by atoms with Gasteiger partial charge in [0.05, 0.1) is 0 Å². The van der Waals surface area contributed by atoms with Gasteiger partial charge in [-0.2, -0.15) is 0 Å². The maximum absolute atomic E-state index is 12.5. The summed E-state index contributed by atoms with van der Waals surface area (Å²) in [5.41, 5.74) is 2.09. The molecule has 0 saturated carbocycles. The molecule has 3 nitrogen and oxygen atoms in total. The fraction of sp³-hybridized carbons (Fsp3) is 0.261. The topological polar surface area (TPSA) is 38.3 Å². The minimum atomic E-state index is -0.583. The zero-order valence-electron chi connectivity index (χ0n) is 15.4. The zero-order chi connectivity index (χ0) is 18.4. The molecule has 26 heavy (non-hydrogen) atoms. The molecule has 0 radical (unpaired) electrons. The smallest absolute Gasteiger partial charge is 0.265 e. The number of aryl methyl sites for hydroxylation is 1. The van der Waals surface area contributed by atoms with Crippen LogP contribution in [0.25, 0.3) is 10.8 Å². The predicted octanol–water partition coefficient (Wildman–Crippen LogP) is 5.59. The van der Waals surface area contributed by atoms with Crippen molar-refractivity contribution in [2.75, 3.05) is 5.32 Å². The highest BCUT2D eigenvalue weighted by molar-refractivity contribution is 5.95. The highest BCUT2D eigenvalue weighted by Gasteiger charge is 2.16. The van der Waals surface area contributed by atoms with E-state index in [-0.39, 0.29) is 5.91 Å². The summed E-state index contributed by atoms with van der Waals surface area (Å²) in [5.74, 6) is 0.569. The molecule has 0 aromatic heterocycles. The molecule has 0 aliphatic carbocycles. The van der Waals surface area contributed by atoms with E-state index in [9.17, 15) is 4.79 Å². The van der Waals surface area contributed by atoms with Gasteiger partial charge in [-0.25, -0.2) is 0 Å². The molecule has 0 heterocycles. The quantitative estimate of drug-likeness (QED) is 0.605. The molecule has 1 unspecified atom stereocenters. The number of hydrogen-bond acceptors (Lipinski definition) is 2. The number of nitrogens with one attached hydrogen (secondary N) is 1. The van der Waals surface area contributed by atoms with Crippen LogP contribution < -0.4 is 10.1 Å². The van der Waals surface area contributed by atoms with Crippen LogP contribution in [0.15, 0.2) is 66.7 Å². The van der Waals surface area contributed by atoms with Crippen molar-refractivity contribution in [2.24, 2.45) is 0 Å². The number of carbonyl (C=O) groups is 1. The Morgan fingerprint density at radius 3 is 2.50 bits per heavy atom. The predicted molar refractivity (Wildman–Crippen MR) is 108 cm³/mol. The van der Waals surface area contributed by atoms with Crippen molar-refractivity contribution in [3.8, 4) is 5.75 Å². The molecule has 0 bridgehead atoms. The fourth-order valence-corrected chi connectivity index (χ4v) is 2.92. The normalized spacial score (nSPS) is 11.9. The molecule has 1 atom stereocenters. The van der Waals surface area contributed by atoms with Gasteiger partial charge in [0.25, 0.3) is 5.91 Å². The van der Waals surface area contributed by atoms with Crippen LogP contribution in [0.4, 0.5) is 5.69 Å². The van der Waals surface area contributed by atoms with Crippen molar-refractivity contribution in [3.63, 3.8) is 0 Å². The van der Waals surface area contributed by atoms with E-state index in [4.69, 9.17) is 4.74 Å². The van der Waals surface area contributed by atoms with Crippen LogP contribution in [-0.4, -0.2) is 12.0 Å². The van der Waals surface area contributed by atoms with E-state index in [0.717, 1.165) is 28.6 Å². The van der Waals surface area contributed by atoms with Gasteiger partial charge in [0.15, 0.2) is 6.10 Å². The molecule has 3 rings (SSSR count). The van der Waals surface area contributed by atoms with Crippen molar-refractivity contribution < 1.29 is 9.53 Å².